The van der Waals surface area contributed by atoms with Gasteiger partial charge in [-0.2, -0.15) is 0 Å². The van der Waals surface area contributed by atoms with E-state index in [0.717, 1.165) is 5.56 Å². The van der Waals surface area contributed by atoms with E-state index in [9.17, 15) is 9.59 Å². The van der Waals surface area contributed by atoms with Gasteiger partial charge >= 0.3 is 0 Å². The van der Waals surface area contributed by atoms with Crippen LogP contribution in [0.1, 0.15) is 26.4 Å². The zero-order valence-corrected chi connectivity index (χ0v) is 15.5. The molecule has 0 radical (unpaired) electrons. The molecule has 29 heavy (non-hydrogen) atoms. The molecule has 3 N–H and O–H groups in total. The Kier molecular flexibility index (Phi) is 5.03. The molecule has 0 bridgehead atoms. The predicted molar refractivity (Wildman–Crippen MR) is 110 cm³/mol. The summed E-state index contributed by atoms with van der Waals surface area (Å²) in [6.45, 7) is 0. The van der Waals surface area contributed by atoms with Crippen LogP contribution in [-0.2, 0) is 6.42 Å². The molecule has 3 aromatic heterocycles. The minimum absolute atomic E-state index is 0.137. The molecule has 0 saturated carbocycles. The van der Waals surface area contributed by atoms with Crippen molar-refractivity contribution in [1.82, 2.24) is 19.7 Å². The SMILES string of the molecule is Nc1nc2ccccn2c1C(=O)[C@H](Cc1ccccc1)NC(=O)c1ccncc1. The molecule has 3 heterocycles. The van der Waals surface area contributed by atoms with Crippen molar-refractivity contribution in [3.8, 4) is 0 Å². The number of benzene rings is 1. The third-order valence-electron chi connectivity index (χ3n) is 4.64. The van der Waals surface area contributed by atoms with Gasteiger partial charge in [-0.15, -0.1) is 0 Å². The third kappa shape index (κ3) is 3.84. The number of hydrogen-bond donors (Lipinski definition) is 2. The maximum absolute atomic E-state index is 13.4. The second kappa shape index (κ2) is 7.93. The summed E-state index contributed by atoms with van der Waals surface area (Å²) in [6.07, 6.45) is 5.13. The van der Waals surface area contributed by atoms with Crippen LogP contribution in [0.4, 0.5) is 5.82 Å². The van der Waals surface area contributed by atoms with Gasteiger partial charge in [0.1, 0.15) is 11.3 Å². The van der Waals surface area contributed by atoms with Gasteiger partial charge in [0.2, 0.25) is 5.78 Å². The number of ketones is 1. The number of nitrogen functional groups attached to an aromatic ring is 1. The smallest absolute Gasteiger partial charge is 0.251 e. The Morgan fingerprint density at radius 1 is 1.00 bits per heavy atom. The van der Waals surface area contributed by atoms with Gasteiger partial charge in [-0.1, -0.05) is 36.4 Å². The Morgan fingerprint density at radius 2 is 1.72 bits per heavy atom. The summed E-state index contributed by atoms with van der Waals surface area (Å²) in [5.74, 6) is -0.515. The molecule has 0 aliphatic rings. The Bertz CT molecular complexity index is 1160. The lowest BCUT2D eigenvalue weighted by Gasteiger charge is -2.18. The molecule has 0 spiro atoms. The summed E-state index contributed by atoms with van der Waals surface area (Å²) in [5.41, 5.74) is 8.24. The van der Waals surface area contributed by atoms with E-state index < -0.39 is 6.04 Å². The Labute approximate surface area is 167 Å². The highest BCUT2D eigenvalue weighted by atomic mass is 16.2. The highest BCUT2D eigenvalue weighted by Gasteiger charge is 2.28. The quantitative estimate of drug-likeness (QED) is 0.497. The summed E-state index contributed by atoms with van der Waals surface area (Å²) < 4.78 is 1.65. The number of pyridine rings is 2. The first-order chi connectivity index (χ1) is 14.1. The number of nitrogens with two attached hydrogens (primary N) is 1. The molecule has 0 saturated heterocycles. The number of aromatic nitrogens is 3. The molecule has 4 rings (SSSR count). The van der Waals surface area contributed by atoms with Crippen LogP contribution in [0.3, 0.4) is 0 Å². The average Bonchev–Trinajstić information content (AvgIpc) is 3.09. The van der Waals surface area contributed by atoms with Crippen molar-refractivity contribution >= 4 is 23.2 Å². The number of Topliss-reactive ketones (excluding diaryl/α,β-unsaturated/α-hetero) is 1. The van der Waals surface area contributed by atoms with Crippen molar-refractivity contribution in [3.63, 3.8) is 0 Å². The first kappa shape index (κ1) is 18.4. The minimum atomic E-state index is -0.805. The highest BCUT2D eigenvalue weighted by Crippen LogP contribution is 2.18. The Balaban J connectivity index is 1.70. The first-order valence-corrected chi connectivity index (χ1v) is 9.15. The van der Waals surface area contributed by atoms with Crippen molar-refractivity contribution in [2.45, 2.75) is 12.5 Å². The number of fused-ring (bicyclic) bond motifs is 1. The maximum atomic E-state index is 13.4. The van der Waals surface area contributed by atoms with Crippen molar-refractivity contribution in [2.24, 2.45) is 0 Å². The normalized spacial score (nSPS) is 11.9. The van der Waals surface area contributed by atoms with Gasteiger partial charge < -0.3 is 11.1 Å². The van der Waals surface area contributed by atoms with E-state index in [4.69, 9.17) is 5.73 Å². The van der Waals surface area contributed by atoms with E-state index in [0.29, 0.717) is 17.6 Å². The molecule has 0 aliphatic carbocycles. The van der Waals surface area contributed by atoms with Crippen LogP contribution < -0.4 is 11.1 Å². The second-order valence-corrected chi connectivity index (χ2v) is 6.59. The summed E-state index contributed by atoms with van der Waals surface area (Å²) >= 11 is 0. The second-order valence-electron chi connectivity index (χ2n) is 6.59. The molecular formula is C22H19N5O2. The lowest BCUT2D eigenvalue weighted by Crippen LogP contribution is -2.43. The van der Waals surface area contributed by atoms with Crippen LogP contribution in [0.2, 0.25) is 0 Å². The predicted octanol–water partition coefficient (Wildman–Crippen LogP) is 2.54. The minimum Gasteiger partial charge on any atom is -0.382 e. The molecule has 7 heteroatoms. The van der Waals surface area contributed by atoms with E-state index in [1.807, 2.05) is 36.4 Å². The van der Waals surface area contributed by atoms with Crippen molar-refractivity contribution < 1.29 is 9.59 Å². The van der Waals surface area contributed by atoms with Crippen LogP contribution >= 0.6 is 0 Å². The number of anilines is 1. The number of carbonyl (C=O) groups is 2. The topological polar surface area (TPSA) is 102 Å². The van der Waals surface area contributed by atoms with Gasteiger partial charge in [0.15, 0.2) is 5.82 Å². The van der Waals surface area contributed by atoms with Gasteiger partial charge in [-0.3, -0.25) is 19.0 Å². The molecule has 4 aromatic rings. The van der Waals surface area contributed by atoms with Crippen molar-refractivity contribution in [1.29, 1.82) is 0 Å². The molecule has 144 valence electrons. The molecule has 0 aliphatic heterocycles. The Morgan fingerprint density at radius 3 is 2.48 bits per heavy atom. The van der Waals surface area contributed by atoms with Gasteiger partial charge in [0, 0.05) is 30.6 Å². The van der Waals surface area contributed by atoms with E-state index in [1.54, 1.807) is 34.9 Å². The third-order valence-corrected chi connectivity index (χ3v) is 4.64. The number of rotatable bonds is 6. The number of nitrogens with one attached hydrogen (secondary N) is 1. The van der Waals surface area contributed by atoms with Crippen LogP contribution in [0, 0.1) is 0 Å². The molecular weight excluding hydrogens is 366 g/mol. The lowest BCUT2D eigenvalue weighted by molar-refractivity contribution is 0.0854. The molecule has 0 fully saturated rings. The average molecular weight is 385 g/mol. The van der Waals surface area contributed by atoms with Crippen LogP contribution in [0.5, 0.6) is 0 Å². The lowest BCUT2D eigenvalue weighted by atomic mass is 10.00. The van der Waals surface area contributed by atoms with Crippen molar-refractivity contribution in [3.05, 3.63) is 96.1 Å². The fraction of sp³-hybridized carbons (Fsp3) is 0.0909. The van der Waals surface area contributed by atoms with E-state index in [2.05, 4.69) is 15.3 Å². The summed E-state index contributed by atoms with van der Waals surface area (Å²) in [6, 6.07) is 17.3. The van der Waals surface area contributed by atoms with Gasteiger partial charge in [-0.05, 0) is 29.8 Å². The fourth-order valence-corrected chi connectivity index (χ4v) is 3.23. The van der Waals surface area contributed by atoms with Gasteiger partial charge in [-0.25, -0.2) is 4.98 Å². The number of amides is 1. The van der Waals surface area contributed by atoms with Gasteiger partial charge in [0.05, 0.1) is 6.04 Å². The fourth-order valence-electron chi connectivity index (χ4n) is 3.23. The number of nitrogens with zero attached hydrogens (tertiary/aromatic N) is 3. The van der Waals surface area contributed by atoms with E-state index >= 15 is 0 Å². The molecule has 0 unspecified atom stereocenters. The zero-order chi connectivity index (χ0) is 20.2. The summed E-state index contributed by atoms with van der Waals surface area (Å²) in [5, 5.41) is 2.85. The van der Waals surface area contributed by atoms with Crippen LogP contribution in [0.15, 0.2) is 79.3 Å². The highest BCUT2D eigenvalue weighted by molar-refractivity contribution is 6.06. The maximum Gasteiger partial charge on any atom is 0.251 e. The van der Waals surface area contributed by atoms with Crippen LogP contribution in [-0.4, -0.2) is 32.1 Å². The standard InChI is InChI=1S/C22H19N5O2/c23-21-19(27-13-5-4-8-18(27)26-21)20(28)17(14-15-6-2-1-3-7-15)25-22(29)16-9-11-24-12-10-16/h1-13,17H,14,23H2,(H,25,29)/t17-/m0/s1. The number of hydrogen-bond acceptors (Lipinski definition) is 5. The van der Waals surface area contributed by atoms with Crippen molar-refractivity contribution in [2.75, 3.05) is 5.73 Å². The monoisotopic (exact) mass is 385 g/mol. The molecule has 1 amide bonds. The molecule has 7 nitrogen and oxygen atoms in total. The van der Waals surface area contributed by atoms with Gasteiger partial charge in [0.25, 0.3) is 5.91 Å². The molecule has 1 atom stereocenters. The van der Waals surface area contributed by atoms with Crippen LogP contribution in [0.25, 0.3) is 5.65 Å². The van der Waals surface area contributed by atoms with E-state index in [-0.39, 0.29) is 23.2 Å². The largest absolute Gasteiger partial charge is 0.382 e. The van der Waals surface area contributed by atoms with E-state index in [1.165, 1.54) is 12.4 Å². The number of imidazole rings is 1. The number of carbonyl (C=O) groups excluding carboxylic acids is 2. The zero-order valence-electron chi connectivity index (χ0n) is 15.5. The first-order valence-electron chi connectivity index (χ1n) is 9.15. The molecule has 1 aromatic carbocycles. The summed E-state index contributed by atoms with van der Waals surface area (Å²) in [7, 11) is 0. The summed E-state index contributed by atoms with van der Waals surface area (Å²) in [4.78, 5) is 34.3. The Hall–Kier alpha value is -4.00.